The van der Waals surface area contributed by atoms with Gasteiger partial charge in [0.05, 0.1) is 15.4 Å². The molecule has 0 saturated heterocycles. The summed E-state index contributed by atoms with van der Waals surface area (Å²) in [5.41, 5.74) is -0.142. The molecule has 1 atom stereocenters. The van der Waals surface area contributed by atoms with Crippen molar-refractivity contribution < 1.29 is 13.0 Å². The number of rotatable bonds is 1. The first kappa shape index (κ1) is 11.4. The van der Waals surface area contributed by atoms with Gasteiger partial charge in [0.2, 0.25) is 0 Å². The first-order chi connectivity index (χ1) is 7.05. The van der Waals surface area contributed by atoms with E-state index in [0.717, 1.165) is 44.9 Å². The fraction of sp³-hybridized carbons (Fsp3) is 1.00. The van der Waals surface area contributed by atoms with Crippen LogP contribution in [0.15, 0.2) is 0 Å². The summed E-state index contributed by atoms with van der Waals surface area (Å²) in [5.74, 6) is 0. The Morgan fingerprint density at radius 1 is 0.933 bits per heavy atom. The van der Waals surface area contributed by atoms with Gasteiger partial charge in [0.15, 0.2) is 0 Å². The molecule has 2 rings (SSSR count). The van der Waals surface area contributed by atoms with E-state index >= 15 is 0 Å². The third-order valence-corrected chi connectivity index (χ3v) is 5.70. The van der Waals surface area contributed by atoms with E-state index in [1.165, 1.54) is 6.42 Å². The lowest BCUT2D eigenvalue weighted by atomic mass is 9.65. The van der Waals surface area contributed by atoms with Gasteiger partial charge in [-0.15, -0.1) is 0 Å². The molecule has 1 spiro atoms. The van der Waals surface area contributed by atoms with Gasteiger partial charge in [-0.25, -0.2) is 8.42 Å². The van der Waals surface area contributed by atoms with E-state index in [4.69, 9.17) is 0 Å². The van der Waals surface area contributed by atoms with Crippen molar-refractivity contribution >= 4 is 10.1 Å². The zero-order chi connectivity index (χ0) is 10.9. The van der Waals surface area contributed by atoms with Crippen molar-refractivity contribution in [3.8, 4) is 0 Å². The van der Waals surface area contributed by atoms with Crippen molar-refractivity contribution in [1.29, 1.82) is 0 Å². The van der Waals surface area contributed by atoms with Crippen molar-refractivity contribution in [2.45, 2.75) is 63.0 Å². The second kappa shape index (κ2) is 4.06. The highest BCUT2D eigenvalue weighted by atomic mass is 32.2. The Balaban J connectivity index is 2.25. The van der Waals surface area contributed by atoms with Gasteiger partial charge in [-0.1, -0.05) is 32.1 Å². The van der Waals surface area contributed by atoms with E-state index in [0.29, 0.717) is 6.42 Å². The second-order valence-corrected chi connectivity index (χ2v) is 6.70. The molecule has 0 aliphatic heterocycles. The van der Waals surface area contributed by atoms with E-state index in [1.807, 2.05) is 0 Å². The molecule has 15 heavy (non-hydrogen) atoms. The summed E-state index contributed by atoms with van der Waals surface area (Å²) in [7, 11) is -4.08. The monoisotopic (exact) mass is 231 g/mol. The molecular weight excluding hydrogens is 212 g/mol. The van der Waals surface area contributed by atoms with Crippen LogP contribution in [-0.2, 0) is 10.1 Å². The van der Waals surface area contributed by atoms with E-state index < -0.39 is 15.4 Å². The summed E-state index contributed by atoms with van der Waals surface area (Å²) in [5, 5.41) is -0.584. The maximum absolute atomic E-state index is 11.3. The molecule has 2 saturated carbocycles. The second-order valence-electron chi connectivity index (χ2n) is 5.15. The minimum atomic E-state index is -4.08. The van der Waals surface area contributed by atoms with Gasteiger partial charge < -0.3 is 4.55 Å². The summed E-state index contributed by atoms with van der Waals surface area (Å²) in [6.45, 7) is 0. The van der Waals surface area contributed by atoms with Crippen LogP contribution in [0.3, 0.4) is 0 Å². The Morgan fingerprint density at radius 2 is 1.47 bits per heavy atom. The summed E-state index contributed by atoms with van der Waals surface area (Å²) in [6, 6.07) is 0. The summed E-state index contributed by atoms with van der Waals surface area (Å²) in [4.78, 5) is 0. The fourth-order valence-corrected chi connectivity index (χ4v) is 4.97. The molecule has 3 nitrogen and oxygen atoms in total. The predicted octanol–water partition coefficient (Wildman–Crippen LogP) is 2.42. The molecular formula is C11H19O3S-. The Morgan fingerprint density at radius 3 is 2.00 bits per heavy atom. The molecule has 0 aromatic carbocycles. The van der Waals surface area contributed by atoms with E-state index in [-0.39, 0.29) is 5.41 Å². The maximum atomic E-state index is 11.3. The van der Waals surface area contributed by atoms with Crippen LogP contribution in [-0.4, -0.2) is 18.2 Å². The summed E-state index contributed by atoms with van der Waals surface area (Å²) >= 11 is 0. The topological polar surface area (TPSA) is 57.2 Å². The highest BCUT2D eigenvalue weighted by Gasteiger charge is 2.44. The summed E-state index contributed by atoms with van der Waals surface area (Å²) in [6.07, 6.45) is 8.90. The predicted molar refractivity (Wildman–Crippen MR) is 57.5 cm³/mol. The van der Waals surface area contributed by atoms with Crippen molar-refractivity contribution in [2.75, 3.05) is 0 Å². The lowest BCUT2D eigenvalue weighted by molar-refractivity contribution is 0.123. The van der Waals surface area contributed by atoms with Crippen molar-refractivity contribution in [3.63, 3.8) is 0 Å². The fourth-order valence-electron chi connectivity index (χ4n) is 3.55. The molecule has 2 aliphatic rings. The molecule has 0 bridgehead atoms. The zero-order valence-corrected chi connectivity index (χ0v) is 9.89. The summed E-state index contributed by atoms with van der Waals surface area (Å²) < 4.78 is 33.9. The van der Waals surface area contributed by atoms with Gasteiger partial charge in [-0.3, -0.25) is 0 Å². The molecule has 0 heterocycles. The van der Waals surface area contributed by atoms with Gasteiger partial charge in [0.25, 0.3) is 0 Å². The Kier molecular flexibility index (Phi) is 3.08. The van der Waals surface area contributed by atoms with Crippen molar-refractivity contribution in [1.82, 2.24) is 0 Å². The Hall–Kier alpha value is -0.0900. The third kappa shape index (κ3) is 2.21. The van der Waals surface area contributed by atoms with E-state index in [1.54, 1.807) is 0 Å². The molecule has 4 heteroatoms. The average molecular weight is 231 g/mol. The van der Waals surface area contributed by atoms with Crippen molar-refractivity contribution in [3.05, 3.63) is 0 Å². The SMILES string of the molecule is O=S(=O)([O-])C1CCCCC12CCCCC2. The molecule has 0 radical (unpaired) electrons. The van der Waals surface area contributed by atoms with Gasteiger partial charge >= 0.3 is 0 Å². The highest BCUT2D eigenvalue weighted by Crippen LogP contribution is 2.49. The molecule has 1 unspecified atom stereocenters. The normalized spacial score (nSPS) is 31.7. The molecule has 88 valence electrons. The molecule has 2 fully saturated rings. The van der Waals surface area contributed by atoms with Crippen LogP contribution in [0.1, 0.15) is 57.8 Å². The van der Waals surface area contributed by atoms with Gasteiger partial charge in [0, 0.05) is 0 Å². The van der Waals surface area contributed by atoms with E-state index in [2.05, 4.69) is 0 Å². The van der Waals surface area contributed by atoms with Crippen LogP contribution < -0.4 is 0 Å². The minimum Gasteiger partial charge on any atom is -0.748 e. The van der Waals surface area contributed by atoms with Crippen LogP contribution in [0.25, 0.3) is 0 Å². The first-order valence-electron chi connectivity index (χ1n) is 5.99. The van der Waals surface area contributed by atoms with Crippen LogP contribution in [0.2, 0.25) is 0 Å². The molecule has 0 N–H and O–H groups in total. The highest BCUT2D eigenvalue weighted by molar-refractivity contribution is 7.86. The van der Waals surface area contributed by atoms with Crippen LogP contribution >= 0.6 is 0 Å². The third-order valence-electron chi connectivity index (χ3n) is 4.27. The molecule has 2 aliphatic carbocycles. The van der Waals surface area contributed by atoms with E-state index in [9.17, 15) is 13.0 Å². The number of hydrogen-bond acceptors (Lipinski definition) is 3. The van der Waals surface area contributed by atoms with Gasteiger partial charge in [-0.05, 0) is 31.1 Å². The van der Waals surface area contributed by atoms with Gasteiger partial charge in [0.1, 0.15) is 0 Å². The molecule has 0 aromatic heterocycles. The molecule has 0 aromatic rings. The molecule has 0 amide bonds. The smallest absolute Gasteiger partial charge is 0.0980 e. The zero-order valence-electron chi connectivity index (χ0n) is 9.07. The van der Waals surface area contributed by atoms with Gasteiger partial charge in [-0.2, -0.15) is 0 Å². The van der Waals surface area contributed by atoms with Crippen LogP contribution in [0, 0.1) is 5.41 Å². The lowest BCUT2D eigenvalue weighted by Crippen LogP contribution is -2.44. The Bertz CT molecular complexity index is 306. The number of hydrogen-bond donors (Lipinski definition) is 0. The van der Waals surface area contributed by atoms with Crippen LogP contribution in [0.5, 0.6) is 0 Å². The quantitative estimate of drug-likeness (QED) is 0.651. The lowest BCUT2D eigenvalue weighted by Gasteiger charge is -2.47. The minimum absolute atomic E-state index is 0.142. The van der Waals surface area contributed by atoms with Crippen molar-refractivity contribution in [2.24, 2.45) is 5.41 Å². The standard InChI is InChI=1S/C11H20O3S/c12-15(13,14)10-6-2-5-9-11(10)7-3-1-4-8-11/h10H,1-9H2,(H,12,13,14)/p-1. The van der Waals surface area contributed by atoms with Crippen LogP contribution in [0.4, 0.5) is 0 Å². The Labute approximate surface area is 92.0 Å². The average Bonchev–Trinajstić information content (AvgIpc) is 2.18. The maximum Gasteiger partial charge on any atom is 0.0980 e. The largest absolute Gasteiger partial charge is 0.748 e. The first-order valence-corrected chi connectivity index (χ1v) is 7.46.